The van der Waals surface area contributed by atoms with E-state index < -0.39 is 26.5 Å². The van der Waals surface area contributed by atoms with Gasteiger partial charge in [-0.2, -0.15) is 0 Å². The molecular formula is C66H117NO8P+. The number of ether oxygens (including phenoxy) is 2. The monoisotopic (exact) mass is 1080 g/mol. The molecule has 10 heteroatoms. The van der Waals surface area contributed by atoms with E-state index in [-0.39, 0.29) is 32.0 Å². The average molecular weight is 1080 g/mol. The van der Waals surface area contributed by atoms with Gasteiger partial charge in [-0.15, -0.1) is 0 Å². The lowest BCUT2D eigenvalue weighted by Gasteiger charge is -2.24. The molecule has 0 rings (SSSR count). The van der Waals surface area contributed by atoms with Gasteiger partial charge in [-0.1, -0.05) is 246 Å². The Kier molecular flexibility index (Phi) is 54.4. The molecule has 2 atom stereocenters. The first-order valence-corrected chi connectivity index (χ1v) is 32.5. The Morgan fingerprint density at radius 1 is 0.421 bits per heavy atom. The van der Waals surface area contributed by atoms with Gasteiger partial charge in [0.05, 0.1) is 27.7 Å². The van der Waals surface area contributed by atoms with Gasteiger partial charge in [0.1, 0.15) is 19.8 Å². The van der Waals surface area contributed by atoms with Crippen molar-refractivity contribution in [3.05, 3.63) is 97.2 Å². The molecule has 0 aliphatic heterocycles. The average Bonchev–Trinajstić information content (AvgIpc) is 3.38. The van der Waals surface area contributed by atoms with Crippen LogP contribution in [0.15, 0.2) is 97.2 Å². The second kappa shape index (κ2) is 56.6. The number of phosphoric acid groups is 1. The van der Waals surface area contributed by atoms with Crippen LogP contribution in [0.25, 0.3) is 0 Å². The molecule has 0 aromatic rings. The molecule has 0 fully saturated rings. The number of quaternary nitrogens is 1. The summed E-state index contributed by atoms with van der Waals surface area (Å²) in [7, 11) is 1.45. The number of hydrogen-bond donors (Lipinski definition) is 1. The van der Waals surface area contributed by atoms with Crippen molar-refractivity contribution in [1.82, 2.24) is 0 Å². The normalized spacial score (nSPS) is 13.9. The summed E-state index contributed by atoms with van der Waals surface area (Å²) in [5, 5.41) is 0. The van der Waals surface area contributed by atoms with Gasteiger partial charge >= 0.3 is 19.8 Å². The number of phosphoric ester groups is 1. The maximum absolute atomic E-state index is 12.8. The highest BCUT2D eigenvalue weighted by Gasteiger charge is 2.27. The van der Waals surface area contributed by atoms with Crippen molar-refractivity contribution in [2.24, 2.45) is 0 Å². The zero-order chi connectivity index (χ0) is 55.6. The summed E-state index contributed by atoms with van der Waals surface area (Å²) in [6, 6.07) is 0. The van der Waals surface area contributed by atoms with Crippen LogP contribution in [0.3, 0.4) is 0 Å². The van der Waals surface area contributed by atoms with Crippen LogP contribution in [-0.4, -0.2) is 74.9 Å². The minimum Gasteiger partial charge on any atom is -0.462 e. The predicted octanol–water partition coefficient (Wildman–Crippen LogP) is 19.6. The summed E-state index contributed by atoms with van der Waals surface area (Å²) in [5.74, 6) is -0.835. The van der Waals surface area contributed by atoms with Crippen LogP contribution in [0.5, 0.6) is 0 Å². The molecule has 0 saturated carbocycles. The molecule has 0 bridgehead atoms. The van der Waals surface area contributed by atoms with E-state index >= 15 is 0 Å². The fraction of sp³-hybridized carbons (Fsp3) is 0.727. The molecule has 76 heavy (non-hydrogen) atoms. The molecule has 0 aromatic carbocycles. The van der Waals surface area contributed by atoms with Crippen LogP contribution >= 0.6 is 7.82 Å². The number of hydrogen-bond acceptors (Lipinski definition) is 7. The number of carbonyl (C=O) groups is 2. The Hall–Kier alpha value is -3.07. The molecule has 1 N–H and O–H groups in total. The second-order valence-electron chi connectivity index (χ2n) is 21.7. The van der Waals surface area contributed by atoms with Crippen molar-refractivity contribution in [3.8, 4) is 0 Å². The van der Waals surface area contributed by atoms with Crippen molar-refractivity contribution in [2.75, 3.05) is 47.5 Å². The molecule has 438 valence electrons. The molecule has 0 aliphatic rings. The summed E-state index contributed by atoms with van der Waals surface area (Å²) in [5.41, 5.74) is 0. The molecule has 0 amide bonds. The van der Waals surface area contributed by atoms with Crippen LogP contribution < -0.4 is 0 Å². The molecule has 9 nitrogen and oxygen atoms in total. The summed E-state index contributed by atoms with van der Waals surface area (Å²) in [4.78, 5) is 35.7. The maximum atomic E-state index is 12.8. The fourth-order valence-electron chi connectivity index (χ4n) is 8.34. The standard InChI is InChI=1S/C66H116NO8P/c1-6-8-10-12-14-16-18-20-22-24-26-28-30-32-33-35-36-38-40-42-44-46-48-50-52-54-56-58-65(68)72-62-64(63-74-76(70,71)73-61-60-67(3,4)5)75-66(69)59-57-55-53-51-49-47-45-43-41-39-37-34-31-29-27-25-23-21-19-17-15-13-11-9-7-2/h9,11,15,17,21,23-24,26-27,29,34,37,41,43,47,49,64H,6-8,10,12-14,16,18-20,22,25,28,30-33,35-36,38-40,42,44-46,48,50-63H2,1-5H3/p+1/b11-9-,17-15-,23-21-,26-24-,29-27-,37-34-,43-41-,49-47-. The lowest BCUT2D eigenvalue weighted by atomic mass is 10.0. The third kappa shape index (κ3) is 60.2. The van der Waals surface area contributed by atoms with Gasteiger partial charge in [0.15, 0.2) is 6.10 Å². The van der Waals surface area contributed by atoms with E-state index in [9.17, 15) is 19.0 Å². The van der Waals surface area contributed by atoms with E-state index in [4.69, 9.17) is 18.5 Å². The highest BCUT2D eigenvalue weighted by Crippen LogP contribution is 2.43. The minimum atomic E-state index is -4.40. The summed E-state index contributed by atoms with van der Waals surface area (Å²) in [6.07, 6.45) is 77.7. The van der Waals surface area contributed by atoms with Crippen molar-refractivity contribution < 1.29 is 42.1 Å². The Labute approximate surface area is 468 Å². The van der Waals surface area contributed by atoms with Gasteiger partial charge in [-0.25, -0.2) is 4.57 Å². The fourth-order valence-corrected chi connectivity index (χ4v) is 9.09. The number of unbranched alkanes of at least 4 members (excludes halogenated alkanes) is 26. The SMILES string of the molecule is CC/C=C\C/C=C\C/C=C\C/C=C\C/C=C\C/C=C\C/C=C\CCCCCC(=O)OC(COC(=O)CCCCCCCCCCCCCCCCC/C=C\CCCCCCCCCC)COP(=O)(O)OCC[N+](C)(C)C. The van der Waals surface area contributed by atoms with E-state index in [1.54, 1.807) is 0 Å². The van der Waals surface area contributed by atoms with Gasteiger partial charge < -0.3 is 18.9 Å². The van der Waals surface area contributed by atoms with Crippen LogP contribution in [0.2, 0.25) is 0 Å². The molecule has 0 aromatic heterocycles. The Morgan fingerprint density at radius 2 is 0.750 bits per heavy atom. The quantitative estimate of drug-likeness (QED) is 0.0211. The first-order valence-electron chi connectivity index (χ1n) is 31.0. The van der Waals surface area contributed by atoms with Gasteiger partial charge in [0, 0.05) is 12.8 Å². The lowest BCUT2D eigenvalue weighted by molar-refractivity contribution is -0.870. The summed E-state index contributed by atoms with van der Waals surface area (Å²) in [6.45, 7) is 4.29. The number of nitrogens with zero attached hydrogens (tertiary/aromatic N) is 1. The zero-order valence-electron chi connectivity index (χ0n) is 49.7. The third-order valence-corrected chi connectivity index (χ3v) is 14.1. The first-order chi connectivity index (χ1) is 37.0. The molecule has 0 aliphatic carbocycles. The first kappa shape index (κ1) is 72.9. The second-order valence-corrected chi connectivity index (χ2v) is 23.2. The van der Waals surface area contributed by atoms with E-state index in [1.165, 1.54) is 141 Å². The highest BCUT2D eigenvalue weighted by atomic mass is 31.2. The summed E-state index contributed by atoms with van der Waals surface area (Å²) < 4.78 is 34.6. The molecule has 0 radical (unpaired) electrons. The van der Waals surface area contributed by atoms with E-state index in [0.717, 1.165) is 83.5 Å². The maximum Gasteiger partial charge on any atom is 0.472 e. The third-order valence-electron chi connectivity index (χ3n) is 13.1. The lowest BCUT2D eigenvalue weighted by Crippen LogP contribution is -2.37. The number of likely N-dealkylation sites (N-methyl/N-ethyl adjacent to an activating group) is 1. The van der Waals surface area contributed by atoms with E-state index in [2.05, 4.69) is 111 Å². The highest BCUT2D eigenvalue weighted by molar-refractivity contribution is 7.47. The van der Waals surface area contributed by atoms with Gasteiger partial charge in [0.2, 0.25) is 0 Å². The largest absolute Gasteiger partial charge is 0.472 e. The van der Waals surface area contributed by atoms with Gasteiger partial charge in [-0.3, -0.25) is 18.6 Å². The van der Waals surface area contributed by atoms with Gasteiger partial charge in [-0.05, 0) is 96.3 Å². The van der Waals surface area contributed by atoms with E-state index in [0.29, 0.717) is 17.4 Å². The molecule has 0 heterocycles. The number of carbonyl (C=O) groups excluding carboxylic acids is 2. The van der Waals surface area contributed by atoms with E-state index in [1.807, 2.05) is 21.1 Å². The molecule has 2 unspecified atom stereocenters. The van der Waals surface area contributed by atoms with Crippen molar-refractivity contribution in [1.29, 1.82) is 0 Å². The Balaban J connectivity index is 4.20. The Morgan fingerprint density at radius 3 is 1.14 bits per heavy atom. The van der Waals surface area contributed by atoms with Crippen LogP contribution in [-0.2, 0) is 32.7 Å². The minimum absolute atomic E-state index is 0.0206. The number of esters is 2. The summed E-state index contributed by atoms with van der Waals surface area (Å²) >= 11 is 0. The zero-order valence-corrected chi connectivity index (χ0v) is 50.6. The molecular weight excluding hydrogens is 966 g/mol. The van der Waals surface area contributed by atoms with Crippen LogP contribution in [0.4, 0.5) is 0 Å². The topological polar surface area (TPSA) is 108 Å². The van der Waals surface area contributed by atoms with Crippen molar-refractivity contribution in [3.63, 3.8) is 0 Å². The van der Waals surface area contributed by atoms with Gasteiger partial charge in [0.25, 0.3) is 0 Å². The smallest absolute Gasteiger partial charge is 0.462 e. The number of rotatable bonds is 56. The van der Waals surface area contributed by atoms with Crippen molar-refractivity contribution in [2.45, 2.75) is 264 Å². The van der Waals surface area contributed by atoms with Crippen molar-refractivity contribution >= 4 is 19.8 Å². The number of allylic oxidation sites excluding steroid dienone is 16. The van der Waals surface area contributed by atoms with Crippen LogP contribution in [0, 0.1) is 0 Å². The molecule has 0 spiro atoms. The predicted molar refractivity (Wildman–Crippen MR) is 325 cm³/mol. The Bertz CT molecular complexity index is 1600. The molecule has 0 saturated heterocycles. The van der Waals surface area contributed by atoms with Crippen LogP contribution in [0.1, 0.15) is 258 Å².